The second-order valence-corrected chi connectivity index (χ2v) is 6.75. The van der Waals surface area contributed by atoms with E-state index >= 15 is 0 Å². The molecule has 1 aromatic rings. The number of ether oxygens (including phenoxy) is 1. The van der Waals surface area contributed by atoms with Crippen molar-refractivity contribution in [1.82, 2.24) is 0 Å². The lowest BCUT2D eigenvalue weighted by atomic mass is 9.66. The number of aliphatic hydroxyl groups is 1. The quantitative estimate of drug-likeness (QED) is 0.779. The van der Waals surface area contributed by atoms with Gasteiger partial charge in [0.15, 0.2) is 11.6 Å². The summed E-state index contributed by atoms with van der Waals surface area (Å²) in [6, 6.07) is 4.36. The molecule has 0 spiro atoms. The van der Waals surface area contributed by atoms with Gasteiger partial charge in [-0.15, -0.1) is 0 Å². The Bertz CT molecular complexity index is 608. The van der Waals surface area contributed by atoms with Crippen molar-refractivity contribution in [2.24, 2.45) is 5.92 Å². The monoisotopic (exact) mass is 292 g/mol. The van der Waals surface area contributed by atoms with Crippen molar-refractivity contribution in [3.63, 3.8) is 0 Å². The molecule has 1 fully saturated rings. The van der Waals surface area contributed by atoms with Crippen LogP contribution in [0.3, 0.4) is 0 Å². The summed E-state index contributed by atoms with van der Waals surface area (Å²) in [7, 11) is 0. The van der Waals surface area contributed by atoms with Crippen molar-refractivity contribution >= 4 is 0 Å². The van der Waals surface area contributed by atoms with Crippen molar-refractivity contribution in [2.75, 3.05) is 0 Å². The largest absolute Gasteiger partial charge is 0.505 e. The molecule has 2 N–H and O–H groups in total. The van der Waals surface area contributed by atoms with Gasteiger partial charge < -0.3 is 14.9 Å². The minimum atomic E-state index is -0.886. The smallest absolute Gasteiger partial charge is 0.165 e. The van der Waals surface area contributed by atoms with Crippen molar-refractivity contribution in [3.05, 3.63) is 41.2 Å². The van der Waals surface area contributed by atoms with Crippen LogP contribution in [0.1, 0.15) is 45.3 Å². The van der Waals surface area contributed by atoms with Crippen molar-refractivity contribution < 1.29 is 19.3 Å². The zero-order valence-electron chi connectivity index (χ0n) is 12.6. The van der Waals surface area contributed by atoms with Gasteiger partial charge in [0.2, 0.25) is 0 Å². The third-order valence-electron chi connectivity index (χ3n) is 5.11. The van der Waals surface area contributed by atoms with Crippen LogP contribution in [0, 0.1) is 11.7 Å². The molecule has 3 rings (SSSR count). The average Bonchev–Trinajstić information content (AvgIpc) is 2.41. The molecular weight excluding hydrogens is 271 g/mol. The van der Waals surface area contributed by atoms with Crippen LogP contribution in [0.25, 0.3) is 0 Å². The maximum absolute atomic E-state index is 13.7. The molecule has 1 aliphatic heterocycles. The summed E-state index contributed by atoms with van der Waals surface area (Å²) >= 11 is 0. The third-order valence-corrected chi connectivity index (χ3v) is 5.11. The van der Waals surface area contributed by atoms with E-state index in [0.29, 0.717) is 18.4 Å². The van der Waals surface area contributed by atoms with E-state index in [1.807, 2.05) is 20.8 Å². The molecule has 0 radical (unpaired) electrons. The van der Waals surface area contributed by atoms with E-state index in [4.69, 9.17) is 4.74 Å². The van der Waals surface area contributed by atoms with E-state index in [0.717, 1.165) is 5.57 Å². The van der Waals surface area contributed by atoms with Crippen LogP contribution in [-0.2, 0) is 4.74 Å². The van der Waals surface area contributed by atoms with Gasteiger partial charge in [0, 0.05) is 5.92 Å². The van der Waals surface area contributed by atoms with Gasteiger partial charge in [-0.1, -0.05) is 17.7 Å². The molecule has 3 atom stereocenters. The molecule has 3 nitrogen and oxygen atoms in total. The summed E-state index contributed by atoms with van der Waals surface area (Å²) in [6.07, 6.45) is 2.93. The number of aromatic hydroxyl groups is 1. The highest BCUT2D eigenvalue weighted by atomic mass is 19.1. The Morgan fingerprint density at radius 3 is 2.71 bits per heavy atom. The number of fused-ring (bicyclic) bond motifs is 2. The number of hydrogen-bond donors (Lipinski definition) is 2. The average molecular weight is 292 g/mol. The lowest BCUT2D eigenvalue weighted by molar-refractivity contribution is -0.245. The summed E-state index contributed by atoms with van der Waals surface area (Å²) in [5.41, 5.74) is 0.261. The molecule has 2 bridgehead atoms. The fraction of sp³-hybridized carbons (Fsp3) is 0.529. The maximum Gasteiger partial charge on any atom is 0.165 e. The van der Waals surface area contributed by atoms with Crippen LogP contribution in [0.2, 0.25) is 0 Å². The van der Waals surface area contributed by atoms with E-state index in [1.165, 1.54) is 12.1 Å². The lowest BCUT2D eigenvalue weighted by Gasteiger charge is -2.54. The van der Waals surface area contributed by atoms with Crippen molar-refractivity contribution in [1.29, 1.82) is 0 Å². The molecule has 0 saturated carbocycles. The third kappa shape index (κ3) is 2.17. The fourth-order valence-corrected chi connectivity index (χ4v) is 3.44. The number of rotatable bonds is 1. The number of phenolic OH excluding ortho intramolecular Hbond substituents is 1. The van der Waals surface area contributed by atoms with E-state index < -0.39 is 17.0 Å². The van der Waals surface area contributed by atoms with Crippen LogP contribution >= 0.6 is 0 Å². The number of hydrogen-bond acceptors (Lipinski definition) is 3. The molecule has 0 unspecified atom stereocenters. The first-order valence-electron chi connectivity index (χ1n) is 7.29. The highest BCUT2D eigenvalue weighted by Gasteiger charge is 2.54. The predicted octanol–water partition coefficient (Wildman–Crippen LogP) is 3.47. The van der Waals surface area contributed by atoms with Crippen LogP contribution in [0.15, 0.2) is 29.8 Å². The van der Waals surface area contributed by atoms with Crippen LogP contribution in [0.5, 0.6) is 5.75 Å². The highest BCUT2D eigenvalue weighted by molar-refractivity contribution is 5.33. The first-order chi connectivity index (χ1) is 9.73. The van der Waals surface area contributed by atoms with Gasteiger partial charge in [0.1, 0.15) is 0 Å². The molecule has 21 heavy (non-hydrogen) atoms. The number of benzene rings is 1. The molecule has 2 aliphatic rings. The highest BCUT2D eigenvalue weighted by Crippen LogP contribution is 2.53. The predicted molar refractivity (Wildman–Crippen MR) is 77.4 cm³/mol. The Morgan fingerprint density at radius 1 is 1.33 bits per heavy atom. The lowest BCUT2D eigenvalue weighted by Crippen LogP contribution is -2.59. The first-order valence-corrected chi connectivity index (χ1v) is 7.29. The molecule has 0 aromatic heterocycles. The summed E-state index contributed by atoms with van der Waals surface area (Å²) in [5.74, 6) is -0.978. The Kier molecular flexibility index (Phi) is 3.15. The molecule has 114 valence electrons. The van der Waals surface area contributed by atoms with Crippen LogP contribution in [0.4, 0.5) is 4.39 Å². The SMILES string of the molecule is CC1=CC[C@]2(O)C[C@H]1[C@H](c1ccc(O)c(F)c1)OC2(C)C. The van der Waals surface area contributed by atoms with Gasteiger partial charge in [-0.2, -0.15) is 0 Å². The molecule has 1 aliphatic carbocycles. The van der Waals surface area contributed by atoms with Gasteiger partial charge >= 0.3 is 0 Å². The minimum absolute atomic E-state index is 0.0284. The second-order valence-electron chi connectivity index (χ2n) is 6.75. The second kappa shape index (κ2) is 4.55. The summed E-state index contributed by atoms with van der Waals surface area (Å²) in [5, 5.41) is 20.2. The van der Waals surface area contributed by atoms with E-state index in [-0.39, 0.29) is 17.8 Å². The number of phenols is 1. The molecular formula is C17H21FO3. The molecule has 1 saturated heterocycles. The summed E-state index contributed by atoms with van der Waals surface area (Å²) in [4.78, 5) is 0. The molecule has 1 aromatic carbocycles. The molecule has 4 heteroatoms. The Balaban J connectivity index is 2.04. The Hall–Kier alpha value is -1.39. The molecule has 1 heterocycles. The Labute approximate surface area is 124 Å². The topological polar surface area (TPSA) is 49.7 Å². The first kappa shape index (κ1) is 14.5. The standard InChI is InChI=1S/C17H21FO3/c1-10-6-7-17(20)9-12(10)15(21-16(17,2)3)11-4-5-14(19)13(18)8-11/h4-6,8,12,15,19-20H,7,9H2,1-3H3/t12-,15+,17+/m1/s1. The van der Waals surface area contributed by atoms with E-state index in [9.17, 15) is 14.6 Å². The van der Waals surface area contributed by atoms with Gasteiger partial charge in [-0.3, -0.25) is 0 Å². The number of halogens is 1. The van der Waals surface area contributed by atoms with E-state index in [1.54, 1.807) is 6.07 Å². The Morgan fingerprint density at radius 2 is 2.05 bits per heavy atom. The zero-order chi connectivity index (χ0) is 15.4. The molecule has 0 amide bonds. The van der Waals surface area contributed by atoms with Gasteiger partial charge in [0.25, 0.3) is 0 Å². The zero-order valence-corrected chi connectivity index (χ0v) is 12.6. The van der Waals surface area contributed by atoms with Crippen LogP contribution in [-0.4, -0.2) is 21.4 Å². The van der Waals surface area contributed by atoms with Crippen LogP contribution < -0.4 is 0 Å². The fourth-order valence-electron chi connectivity index (χ4n) is 3.44. The van der Waals surface area contributed by atoms with E-state index in [2.05, 4.69) is 6.08 Å². The van der Waals surface area contributed by atoms with Gasteiger partial charge in [0.05, 0.1) is 17.3 Å². The summed E-state index contributed by atoms with van der Waals surface area (Å²) < 4.78 is 19.8. The van der Waals surface area contributed by atoms with Gasteiger partial charge in [-0.05, 0) is 51.3 Å². The minimum Gasteiger partial charge on any atom is -0.505 e. The normalized spacial score (nSPS) is 34.4. The van der Waals surface area contributed by atoms with Gasteiger partial charge in [-0.25, -0.2) is 4.39 Å². The van der Waals surface area contributed by atoms with Crippen molar-refractivity contribution in [3.8, 4) is 5.75 Å². The summed E-state index contributed by atoms with van der Waals surface area (Å²) in [6.45, 7) is 5.78. The maximum atomic E-state index is 13.7. The van der Waals surface area contributed by atoms with Crippen molar-refractivity contribution in [2.45, 2.75) is 50.9 Å².